The average Bonchev–Trinajstić information content (AvgIpc) is 2.88. The predicted octanol–water partition coefficient (Wildman–Crippen LogP) is 1.33. The number of nitrogens with one attached hydrogen (secondary N) is 1. The Bertz CT molecular complexity index is 165. The van der Waals surface area contributed by atoms with Gasteiger partial charge < -0.3 is 10.2 Å². The summed E-state index contributed by atoms with van der Waals surface area (Å²) in [5, 5.41) is 3.48. The van der Waals surface area contributed by atoms with Crippen molar-refractivity contribution < 1.29 is 0 Å². The third-order valence-electron chi connectivity index (χ3n) is 3.62. The van der Waals surface area contributed by atoms with E-state index in [2.05, 4.69) is 24.1 Å². The Morgan fingerprint density at radius 3 is 2.54 bits per heavy atom. The van der Waals surface area contributed by atoms with Crippen LogP contribution in [0.5, 0.6) is 0 Å². The van der Waals surface area contributed by atoms with Gasteiger partial charge in [0.25, 0.3) is 0 Å². The van der Waals surface area contributed by atoms with Crippen molar-refractivity contribution >= 4 is 0 Å². The van der Waals surface area contributed by atoms with E-state index >= 15 is 0 Å². The van der Waals surface area contributed by atoms with Gasteiger partial charge in [0.1, 0.15) is 0 Å². The lowest BCUT2D eigenvalue weighted by Gasteiger charge is -2.25. The minimum Gasteiger partial charge on any atom is -0.316 e. The Labute approximate surface area is 81.7 Å². The van der Waals surface area contributed by atoms with Crippen LogP contribution in [0.15, 0.2) is 0 Å². The lowest BCUT2D eigenvalue weighted by Crippen LogP contribution is -2.33. The third-order valence-corrected chi connectivity index (χ3v) is 3.62. The molecule has 0 aromatic carbocycles. The van der Waals surface area contributed by atoms with Gasteiger partial charge in [-0.3, -0.25) is 0 Å². The highest BCUT2D eigenvalue weighted by atomic mass is 15.2. The van der Waals surface area contributed by atoms with Crippen LogP contribution in [-0.4, -0.2) is 37.1 Å². The van der Waals surface area contributed by atoms with Gasteiger partial charge in [0.2, 0.25) is 0 Å². The van der Waals surface area contributed by atoms with Crippen molar-refractivity contribution in [3.05, 3.63) is 0 Å². The molecule has 2 atom stereocenters. The molecule has 0 bridgehead atoms. The van der Waals surface area contributed by atoms with Crippen LogP contribution in [0.2, 0.25) is 0 Å². The first kappa shape index (κ1) is 9.47. The van der Waals surface area contributed by atoms with Crippen molar-refractivity contribution in [1.82, 2.24) is 10.2 Å². The molecule has 13 heavy (non-hydrogen) atoms. The molecule has 2 heteroatoms. The molecule has 0 aromatic rings. The molecule has 2 fully saturated rings. The lowest BCUT2D eigenvalue weighted by atomic mass is 9.97. The van der Waals surface area contributed by atoms with Gasteiger partial charge in [0.05, 0.1) is 0 Å². The molecule has 1 saturated heterocycles. The Morgan fingerprint density at radius 2 is 2.08 bits per heavy atom. The molecule has 2 nitrogen and oxygen atoms in total. The Hall–Kier alpha value is -0.0800. The van der Waals surface area contributed by atoms with Crippen molar-refractivity contribution in [1.29, 1.82) is 0 Å². The highest BCUT2D eigenvalue weighted by molar-refractivity contribution is 4.88. The highest BCUT2D eigenvalue weighted by Gasteiger charge is 2.32. The zero-order valence-electron chi connectivity index (χ0n) is 8.92. The summed E-state index contributed by atoms with van der Waals surface area (Å²) < 4.78 is 0. The smallest absolute Gasteiger partial charge is 0.00964 e. The van der Waals surface area contributed by atoms with E-state index in [-0.39, 0.29) is 0 Å². The van der Waals surface area contributed by atoms with Crippen LogP contribution in [-0.2, 0) is 0 Å². The maximum Gasteiger partial charge on any atom is 0.00964 e. The third kappa shape index (κ3) is 2.23. The Morgan fingerprint density at radius 1 is 1.31 bits per heavy atom. The van der Waals surface area contributed by atoms with Crippen molar-refractivity contribution in [3.63, 3.8) is 0 Å². The second-order valence-electron chi connectivity index (χ2n) is 4.71. The van der Waals surface area contributed by atoms with Crippen LogP contribution < -0.4 is 5.32 Å². The first-order valence-electron chi connectivity index (χ1n) is 5.76. The second kappa shape index (κ2) is 3.97. The predicted molar refractivity (Wildman–Crippen MR) is 55.8 cm³/mol. The topological polar surface area (TPSA) is 15.3 Å². The van der Waals surface area contributed by atoms with Crippen molar-refractivity contribution in [2.45, 2.75) is 32.7 Å². The Balaban J connectivity index is 1.80. The molecular formula is C11H22N2. The fourth-order valence-electron chi connectivity index (χ4n) is 2.39. The van der Waals surface area contributed by atoms with Crippen LogP contribution in [0.4, 0.5) is 0 Å². The van der Waals surface area contributed by atoms with E-state index in [1.54, 1.807) is 0 Å². The SMILES string of the molecule is CCN(C[C@@H]1CNC[C@H]1C)C1CC1. The van der Waals surface area contributed by atoms with Crippen molar-refractivity contribution in [3.8, 4) is 0 Å². The van der Waals surface area contributed by atoms with Crippen LogP contribution >= 0.6 is 0 Å². The summed E-state index contributed by atoms with van der Waals surface area (Å²) in [6, 6.07) is 0.942. The van der Waals surface area contributed by atoms with E-state index in [9.17, 15) is 0 Å². The quantitative estimate of drug-likeness (QED) is 0.705. The molecule has 1 saturated carbocycles. The van der Waals surface area contributed by atoms with E-state index in [1.807, 2.05) is 0 Å². The van der Waals surface area contributed by atoms with Gasteiger partial charge in [-0.05, 0) is 44.3 Å². The first-order chi connectivity index (χ1) is 6.31. The maximum absolute atomic E-state index is 3.48. The summed E-state index contributed by atoms with van der Waals surface area (Å²) >= 11 is 0. The van der Waals surface area contributed by atoms with E-state index < -0.39 is 0 Å². The van der Waals surface area contributed by atoms with Crippen LogP contribution in [0.3, 0.4) is 0 Å². The van der Waals surface area contributed by atoms with Crippen molar-refractivity contribution in [2.75, 3.05) is 26.2 Å². The molecule has 1 aliphatic carbocycles. The lowest BCUT2D eigenvalue weighted by molar-refractivity contribution is 0.219. The summed E-state index contributed by atoms with van der Waals surface area (Å²) in [7, 11) is 0. The zero-order valence-corrected chi connectivity index (χ0v) is 8.92. The standard InChI is InChI=1S/C11H22N2/c1-3-13(11-4-5-11)8-10-7-12-6-9(10)2/h9-12H,3-8H2,1-2H3/t9-,10+/m1/s1. The summed E-state index contributed by atoms with van der Waals surface area (Å²) in [5.41, 5.74) is 0. The summed E-state index contributed by atoms with van der Waals surface area (Å²) in [6.07, 6.45) is 2.89. The van der Waals surface area contributed by atoms with E-state index in [0.717, 1.165) is 17.9 Å². The van der Waals surface area contributed by atoms with Gasteiger partial charge in [-0.15, -0.1) is 0 Å². The summed E-state index contributed by atoms with van der Waals surface area (Å²) in [5.74, 6) is 1.79. The van der Waals surface area contributed by atoms with Gasteiger partial charge in [0, 0.05) is 12.6 Å². The summed E-state index contributed by atoms with van der Waals surface area (Å²) in [4.78, 5) is 2.67. The molecule has 1 aliphatic heterocycles. The molecule has 0 aromatic heterocycles. The van der Waals surface area contributed by atoms with Gasteiger partial charge >= 0.3 is 0 Å². The molecule has 76 valence electrons. The van der Waals surface area contributed by atoms with Crippen LogP contribution in [0.25, 0.3) is 0 Å². The molecule has 0 spiro atoms. The highest BCUT2D eigenvalue weighted by Crippen LogP contribution is 2.28. The van der Waals surface area contributed by atoms with Gasteiger partial charge in [-0.25, -0.2) is 0 Å². The van der Waals surface area contributed by atoms with Gasteiger partial charge in [0.15, 0.2) is 0 Å². The maximum atomic E-state index is 3.48. The first-order valence-corrected chi connectivity index (χ1v) is 5.76. The molecule has 1 heterocycles. The fraction of sp³-hybridized carbons (Fsp3) is 1.00. The zero-order chi connectivity index (χ0) is 9.26. The molecule has 1 N–H and O–H groups in total. The molecule has 0 radical (unpaired) electrons. The number of rotatable bonds is 4. The minimum absolute atomic E-state index is 0.882. The fourth-order valence-corrected chi connectivity index (χ4v) is 2.39. The second-order valence-corrected chi connectivity index (χ2v) is 4.71. The molecule has 0 amide bonds. The van der Waals surface area contributed by atoms with Gasteiger partial charge in [-0.1, -0.05) is 13.8 Å². The number of nitrogens with zero attached hydrogens (tertiary/aromatic N) is 1. The molecule has 0 unspecified atom stereocenters. The van der Waals surface area contributed by atoms with Crippen LogP contribution in [0.1, 0.15) is 26.7 Å². The molecule has 2 aliphatic rings. The Kier molecular flexibility index (Phi) is 2.89. The molecule has 2 rings (SSSR count). The summed E-state index contributed by atoms with van der Waals surface area (Å²) in [6.45, 7) is 9.72. The monoisotopic (exact) mass is 182 g/mol. The van der Waals surface area contributed by atoms with E-state index in [4.69, 9.17) is 0 Å². The van der Waals surface area contributed by atoms with Crippen LogP contribution in [0, 0.1) is 11.8 Å². The average molecular weight is 182 g/mol. The van der Waals surface area contributed by atoms with Crippen molar-refractivity contribution in [2.24, 2.45) is 11.8 Å². The van der Waals surface area contributed by atoms with Gasteiger partial charge in [-0.2, -0.15) is 0 Å². The largest absolute Gasteiger partial charge is 0.316 e. The van der Waals surface area contributed by atoms with E-state index in [1.165, 1.54) is 39.0 Å². The number of hydrogen-bond donors (Lipinski definition) is 1. The minimum atomic E-state index is 0.882. The number of hydrogen-bond acceptors (Lipinski definition) is 2. The van der Waals surface area contributed by atoms with E-state index in [0.29, 0.717) is 0 Å². The molecular weight excluding hydrogens is 160 g/mol. The normalized spacial score (nSPS) is 34.4.